The van der Waals surface area contributed by atoms with E-state index in [0.29, 0.717) is 0 Å². The van der Waals surface area contributed by atoms with Gasteiger partial charge >= 0.3 is 0 Å². The van der Waals surface area contributed by atoms with Crippen molar-refractivity contribution in [2.45, 2.75) is 424 Å². The van der Waals surface area contributed by atoms with Crippen LogP contribution in [0.3, 0.4) is 0 Å². The van der Waals surface area contributed by atoms with E-state index in [4.69, 9.17) is 0 Å². The lowest BCUT2D eigenvalue weighted by Gasteiger charge is -2.05. The molecule has 0 aromatic rings. The molecule has 0 unspecified atom stereocenters. The van der Waals surface area contributed by atoms with Gasteiger partial charge in [0.15, 0.2) is 0 Å². The van der Waals surface area contributed by atoms with Crippen molar-refractivity contribution in [1.82, 2.24) is 0 Å². The fourth-order valence-corrected chi connectivity index (χ4v) is 9.84. The van der Waals surface area contributed by atoms with Crippen molar-refractivity contribution >= 4 is 0 Å². The fraction of sp³-hybridized carbons (Fsp3) is 1.00. The highest BCUT2D eigenvalue weighted by Gasteiger charge is 2.01. The first-order valence-electron chi connectivity index (χ1n) is 33.0. The molecule has 9 saturated carbocycles. The van der Waals surface area contributed by atoms with E-state index >= 15 is 0 Å². The lowest BCUT2D eigenvalue weighted by molar-refractivity contribution is 0.504. The van der Waals surface area contributed by atoms with Crippen LogP contribution in [0, 0.1) is 0 Å². The Morgan fingerprint density at radius 1 is 0.0303 bits per heavy atom. The Balaban J connectivity index is 0.000000383. The number of hydrogen-bond donors (Lipinski definition) is 0. The van der Waals surface area contributed by atoms with Crippen LogP contribution in [0.4, 0.5) is 0 Å². The molecule has 0 spiro atoms. The van der Waals surface area contributed by atoms with Crippen LogP contribution in [0.1, 0.15) is 424 Å². The van der Waals surface area contributed by atoms with Gasteiger partial charge in [-0.1, -0.05) is 424 Å². The van der Waals surface area contributed by atoms with Crippen LogP contribution in [0.2, 0.25) is 0 Å². The molecule has 396 valence electrons. The third-order valence-electron chi connectivity index (χ3n) is 16.5. The van der Waals surface area contributed by atoms with E-state index in [1.807, 2.05) is 0 Å². The van der Waals surface area contributed by atoms with Gasteiger partial charge in [-0.05, 0) is 0 Å². The Morgan fingerprint density at radius 2 is 0.0455 bits per heavy atom. The van der Waals surface area contributed by atoms with E-state index in [2.05, 4.69) is 0 Å². The second-order valence-corrected chi connectivity index (χ2v) is 23.3. The van der Waals surface area contributed by atoms with Gasteiger partial charge in [-0.3, -0.25) is 0 Å². The van der Waals surface area contributed by atoms with Crippen LogP contribution >= 0.6 is 0 Å². The van der Waals surface area contributed by atoms with Crippen LogP contribution in [0.25, 0.3) is 0 Å². The van der Waals surface area contributed by atoms with Gasteiger partial charge in [0.1, 0.15) is 0 Å². The van der Waals surface area contributed by atoms with Gasteiger partial charge in [-0.25, -0.2) is 0 Å². The third kappa shape index (κ3) is 58.3. The molecule has 0 aliphatic heterocycles. The normalized spacial score (nSPS) is 24.0. The van der Waals surface area contributed by atoms with E-state index in [9.17, 15) is 0 Å². The van der Waals surface area contributed by atoms with E-state index in [1.54, 1.807) is 0 Å². The first-order valence-corrected chi connectivity index (χ1v) is 33.0. The zero-order valence-corrected chi connectivity index (χ0v) is 46.7. The minimum atomic E-state index is 1.50. The van der Waals surface area contributed by atoms with Crippen molar-refractivity contribution < 1.29 is 0 Å². The highest BCUT2D eigenvalue weighted by atomic mass is 14.1. The fourth-order valence-electron chi connectivity index (χ4n) is 9.84. The van der Waals surface area contributed by atoms with Crippen molar-refractivity contribution in [3.8, 4) is 0 Å². The van der Waals surface area contributed by atoms with E-state index < -0.39 is 0 Å². The van der Waals surface area contributed by atoms with Crippen LogP contribution in [0.15, 0.2) is 0 Å². The molecule has 0 atom stereocenters. The predicted molar refractivity (Wildman–Crippen MR) is 305 cm³/mol. The summed E-state index contributed by atoms with van der Waals surface area (Å²) in [4.78, 5) is 0. The maximum atomic E-state index is 1.50. The standard InChI is InChI=1S/2C12H24.2C10H20.C6H12.4C4H8/c2*1-2-4-6-8-10-12-11-9-7-5-3-1;2*1-2-4-6-8-10-9-7-5-3-1;1-2-4-6-5-3-1;4*1-2-4-3-1/h2*1-12H2;2*1-10H2;1-6H2;4*1-4H2. The molecule has 0 saturated heterocycles. The molecule has 0 amide bonds. The summed E-state index contributed by atoms with van der Waals surface area (Å²) in [6.07, 6.45) is 99.0. The molecule has 0 N–H and O–H groups in total. The summed E-state index contributed by atoms with van der Waals surface area (Å²) in [5.74, 6) is 0. The van der Waals surface area contributed by atoms with Crippen LogP contribution in [0.5, 0.6) is 0 Å². The van der Waals surface area contributed by atoms with Crippen LogP contribution < -0.4 is 0 Å². The molecule has 9 rings (SSSR count). The largest absolute Gasteiger partial charge is 0.0533 e. The summed E-state index contributed by atoms with van der Waals surface area (Å²) < 4.78 is 0. The molecule has 0 heterocycles. The summed E-state index contributed by atoms with van der Waals surface area (Å²) >= 11 is 0. The Morgan fingerprint density at radius 3 is 0.0606 bits per heavy atom. The molecule has 9 fully saturated rings. The van der Waals surface area contributed by atoms with Gasteiger partial charge in [0, 0.05) is 0 Å². The van der Waals surface area contributed by atoms with Crippen molar-refractivity contribution in [3.05, 3.63) is 0 Å². The summed E-state index contributed by atoms with van der Waals surface area (Å²) in [7, 11) is 0. The number of rotatable bonds is 0. The van der Waals surface area contributed by atoms with E-state index in [1.165, 1.54) is 424 Å². The summed E-state index contributed by atoms with van der Waals surface area (Å²) in [5.41, 5.74) is 0. The smallest absolute Gasteiger partial charge is 0.0533 e. The Labute approximate surface area is 421 Å². The molecule has 0 heteroatoms. The zero-order chi connectivity index (χ0) is 46.7. The highest BCUT2D eigenvalue weighted by molar-refractivity contribution is 4.57. The minimum Gasteiger partial charge on any atom is -0.0533 e. The Kier molecular flexibility index (Phi) is 59.3. The SMILES string of the molecule is C1CCC1.C1CCC1.C1CCC1.C1CCC1.C1CCCCC1.C1CCCCCCCCC1.C1CCCCCCCCC1.C1CCCCCCCCCCC1.C1CCCCCCCCCCC1. The summed E-state index contributed by atoms with van der Waals surface area (Å²) in [6.45, 7) is 0. The molecular weight excluding hydrogens is 793 g/mol. The highest BCUT2D eigenvalue weighted by Crippen LogP contribution is 2.21. The van der Waals surface area contributed by atoms with Crippen molar-refractivity contribution in [3.63, 3.8) is 0 Å². The molecule has 0 nitrogen and oxygen atoms in total. The minimum absolute atomic E-state index is 1.50. The van der Waals surface area contributed by atoms with Crippen molar-refractivity contribution in [2.75, 3.05) is 0 Å². The lowest BCUT2D eigenvalue weighted by atomic mass is 10.0. The van der Waals surface area contributed by atoms with Crippen LogP contribution in [-0.2, 0) is 0 Å². The molecule has 9 aliphatic carbocycles. The van der Waals surface area contributed by atoms with Crippen molar-refractivity contribution in [1.29, 1.82) is 0 Å². The van der Waals surface area contributed by atoms with Gasteiger partial charge in [-0.2, -0.15) is 0 Å². The van der Waals surface area contributed by atoms with Gasteiger partial charge in [0.05, 0.1) is 0 Å². The lowest BCUT2D eigenvalue weighted by Crippen LogP contribution is -1.85. The second-order valence-electron chi connectivity index (χ2n) is 23.3. The van der Waals surface area contributed by atoms with Crippen molar-refractivity contribution in [2.24, 2.45) is 0 Å². The van der Waals surface area contributed by atoms with Gasteiger partial charge in [0.2, 0.25) is 0 Å². The first-order chi connectivity index (χ1) is 33.0. The molecule has 9 aliphatic rings. The molecular formula is C66H132. The molecule has 0 aromatic heterocycles. The van der Waals surface area contributed by atoms with E-state index in [-0.39, 0.29) is 0 Å². The zero-order valence-electron chi connectivity index (χ0n) is 46.7. The van der Waals surface area contributed by atoms with Gasteiger partial charge in [0.25, 0.3) is 0 Å². The maximum Gasteiger partial charge on any atom is -0.0533 e. The molecule has 0 bridgehead atoms. The quantitative estimate of drug-likeness (QED) is 0.227. The summed E-state index contributed by atoms with van der Waals surface area (Å²) in [5, 5.41) is 0. The maximum absolute atomic E-state index is 1.50. The topological polar surface area (TPSA) is 0 Å². The molecule has 66 heavy (non-hydrogen) atoms. The molecule has 0 radical (unpaired) electrons. The predicted octanol–water partition coefficient (Wildman–Crippen LogP) is 25.7. The van der Waals surface area contributed by atoms with E-state index in [0.717, 1.165) is 0 Å². The Bertz CT molecular complexity index is 522. The van der Waals surface area contributed by atoms with Crippen LogP contribution in [-0.4, -0.2) is 0 Å². The third-order valence-corrected chi connectivity index (χ3v) is 16.5. The molecule has 0 aromatic carbocycles. The number of hydrogen-bond acceptors (Lipinski definition) is 0. The second kappa shape index (κ2) is 61.1. The first kappa shape index (κ1) is 64.0. The van der Waals surface area contributed by atoms with Gasteiger partial charge in [-0.15, -0.1) is 0 Å². The summed E-state index contributed by atoms with van der Waals surface area (Å²) in [6, 6.07) is 0. The Hall–Kier alpha value is 0. The van der Waals surface area contributed by atoms with Gasteiger partial charge < -0.3 is 0 Å². The average Bonchev–Trinajstić information content (AvgIpc) is 3.25. The average molecular weight is 926 g/mol. The monoisotopic (exact) mass is 925 g/mol.